The number of ketones is 2. The molecule has 124 valence electrons. The summed E-state index contributed by atoms with van der Waals surface area (Å²) in [5.74, 6) is -1.13. The Morgan fingerprint density at radius 3 is 2.46 bits per heavy atom. The molecule has 0 fully saturated rings. The minimum absolute atomic E-state index is 0.0125. The van der Waals surface area contributed by atoms with Crippen LogP contribution in [0.1, 0.15) is 33.6 Å². The fourth-order valence-corrected chi connectivity index (χ4v) is 3.90. The van der Waals surface area contributed by atoms with Crippen molar-refractivity contribution >= 4 is 11.6 Å². The molecule has 4 nitrogen and oxygen atoms in total. The van der Waals surface area contributed by atoms with E-state index in [-0.39, 0.29) is 35.7 Å². The molecule has 0 bridgehead atoms. The second-order valence-corrected chi connectivity index (χ2v) is 6.72. The van der Waals surface area contributed by atoms with E-state index in [0.717, 1.165) is 11.1 Å². The topological polar surface area (TPSA) is 74.6 Å². The van der Waals surface area contributed by atoms with E-state index < -0.39 is 11.2 Å². The Morgan fingerprint density at radius 2 is 1.83 bits per heavy atom. The van der Waals surface area contributed by atoms with Crippen LogP contribution in [0.3, 0.4) is 0 Å². The van der Waals surface area contributed by atoms with Crippen LogP contribution in [0, 0.1) is 5.41 Å². The number of carbonyl (C=O) groups excluding carboxylic acids is 2. The van der Waals surface area contributed by atoms with Crippen LogP contribution < -0.4 is 0 Å². The molecule has 0 unspecified atom stereocenters. The number of aliphatic hydroxyl groups excluding tert-OH is 2. The zero-order chi connectivity index (χ0) is 17.8. The summed E-state index contributed by atoms with van der Waals surface area (Å²) in [6, 6.07) is 0. The fourth-order valence-electron chi connectivity index (χ4n) is 3.90. The number of rotatable bonds is 2. The van der Waals surface area contributed by atoms with Crippen LogP contribution in [0.5, 0.6) is 0 Å². The van der Waals surface area contributed by atoms with Gasteiger partial charge >= 0.3 is 0 Å². The normalized spacial score (nSPS) is 27.0. The van der Waals surface area contributed by atoms with Crippen LogP contribution in [0.15, 0.2) is 69.8 Å². The number of hydrogen-bond acceptors (Lipinski definition) is 4. The molecule has 2 N–H and O–H groups in total. The Hall–Kier alpha value is -2.62. The first kappa shape index (κ1) is 16.2. The second-order valence-electron chi connectivity index (χ2n) is 6.72. The summed E-state index contributed by atoms with van der Waals surface area (Å²) in [5.41, 5.74) is 2.52. The molecule has 0 saturated heterocycles. The molecule has 0 aromatic heterocycles. The number of allylic oxidation sites excluding steroid dienone is 8. The molecule has 0 spiro atoms. The smallest absolute Gasteiger partial charge is 0.227 e. The summed E-state index contributed by atoms with van der Waals surface area (Å²) in [7, 11) is 0. The van der Waals surface area contributed by atoms with Gasteiger partial charge in [0, 0.05) is 28.6 Å². The van der Waals surface area contributed by atoms with E-state index in [2.05, 4.69) is 6.58 Å². The molecule has 3 rings (SSSR count). The quantitative estimate of drug-likeness (QED) is 0.754. The lowest BCUT2D eigenvalue weighted by atomic mass is 9.59. The minimum Gasteiger partial charge on any atom is -0.507 e. The predicted octanol–water partition coefficient (Wildman–Crippen LogP) is 3.95. The number of aliphatic hydroxyl groups is 2. The first-order valence-electron chi connectivity index (χ1n) is 7.89. The number of hydrogen-bond donors (Lipinski definition) is 2. The molecule has 0 amide bonds. The monoisotopic (exact) mass is 324 g/mol. The highest BCUT2D eigenvalue weighted by Crippen LogP contribution is 2.54. The lowest BCUT2D eigenvalue weighted by molar-refractivity contribution is -0.118. The molecule has 24 heavy (non-hydrogen) atoms. The van der Waals surface area contributed by atoms with Crippen LogP contribution in [0.25, 0.3) is 0 Å². The summed E-state index contributed by atoms with van der Waals surface area (Å²) in [4.78, 5) is 24.9. The van der Waals surface area contributed by atoms with Crippen LogP contribution >= 0.6 is 0 Å². The summed E-state index contributed by atoms with van der Waals surface area (Å²) in [6.45, 7) is 9.08. The minimum atomic E-state index is -0.821. The van der Waals surface area contributed by atoms with Gasteiger partial charge in [0.15, 0.2) is 11.5 Å². The summed E-state index contributed by atoms with van der Waals surface area (Å²) in [5, 5.41) is 21.1. The highest BCUT2D eigenvalue weighted by atomic mass is 16.3. The average Bonchev–Trinajstić information content (AvgIpc) is 2.53. The van der Waals surface area contributed by atoms with E-state index in [4.69, 9.17) is 0 Å². The van der Waals surface area contributed by atoms with Gasteiger partial charge in [-0.25, -0.2) is 0 Å². The maximum Gasteiger partial charge on any atom is 0.227 e. The van der Waals surface area contributed by atoms with Gasteiger partial charge in [0.25, 0.3) is 0 Å². The maximum atomic E-state index is 12.5. The summed E-state index contributed by atoms with van der Waals surface area (Å²) >= 11 is 0. The number of Topliss-reactive ketones (excluding diaryl/α,β-unsaturated/α-hetero) is 2. The van der Waals surface area contributed by atoms with E-state index >= 15 is 0 Å². The van der Waals surface area contributed by atoms with Gasteiger partial charge < -0.3 is 10.2 Å². The van der Waals surface area contributed by atoms with Gasteiger partial charge in [0.1, 0.15) is 5.76 Å². The van der Waals surface area contributed by atoms with Crippen molar-refractivity contribution < 1.29 is 19.8 Å². The first-order chi connectivity index (χ1) is 11.2. The SMILES string of the molecule is C=CCC1=C(O)C2=CC=C3C(C)=C(C)C(=O)C[C@]3(C)C2=C(O)C1=O. The lowest BCUT2D eigenvalue weighted by Gasteiger charge is -2.43. The van der Waals surface area contributed by atoms with Gasteiger partial charge in [-0.05, 0) is 37.0 Å². The van der Waals surface area contributed by atoms with Crippen molar-refractivity contribution in [3.05, 3.63) is 69.8 Å². The van der Waals surface area contributed by atoms with Crippen molar-refractivity contribution in [3.63, 3.8) is 0 Å². The first-order valence-corrected chi connectivity index (χ1v) is 7.89. The van der Waals surface area contributed by atoms with Crippen molar-refractivity contribution in [1.82, 2.24) is 0 Å². The predicted molar refractivity (Wildman–Crippen MR) is 91.4 cm³/mol. The molecule has 0 radical (unpaired) electrons. The zero-order valence-corrected chi connectivity index (χ0v) is 14.1. The maximum absolute atomic E-state index is 12.5. The van der Waals surface area contributed by atoms with Crippen LogP contribution in [-0.4, -0.2) is 21.8 Å². The van der Waals surface area contributed by atoms with Gasteiger partial charge in [0.05, 0.1) is 0 Å². The van der Waals surface area contributed by atoms with E-state index in [1.54, 1.807) is 13.0 Å². The van der Waals surface area contributed by atoms with Gasteiger partial charge in [-0.3, -0.25) is 9.59 Å². The fraction of sp³-hybridized carbons (Fsp3) is 0.300. The molecule has 0 aromatic rings. The molecular formula is C20H20O4. The molecule has 0 aromatic carbocycles. The van der Waals surface area contributed by atoms with Crippen LogP contribution in [-0.2, 0) is 9.59 Å². The lowest BCUT2D eigenvalue weighted by Crippen LogP contribution is -2.37. The molecule has 3 aliphatic carbocycles. The van der Waals surface area contributed by atoms with Crippen LogP contribution in [0.4, 0.5) is 0 Å². The van der Waals surface area contributed by atoms with Crippen molar-refractivity contribution in [1.29, 1.82) is 0 Å². The highest BCUT2D eigenvalue weighted by molar-refractivity contribution is 6.11. The van der Waals surface area contributed by atoms with Gasteiger partial charge in [0.2, 0.25) is 5.78 Å². The molecule has 0 saturated carbocycles. The standard InChI is InChI=1S/C20H20O4/c1-5-6-13-17(22)12-7-8-14-10(2)11(3)15(21)9-20(14,4)16(12)19(24)18(13)23/h5,7-8,22,24H,1,6,9H2,2-4H3/t20-/m0/s1. The molecule has 0 heterocycles. The molecule has 0 aliphatic heterocycles. The van der Waals surface area contributed by atoms with Crippen molar-refractivity contribution in [3.8, 4) is 0 Å². The van der Waals surface area contributed by atoms with E-state index in [9.17, 15) is 19.8 Å². The Balaban J connectivity index is 2.30. The number of fused-ring (bicyclic) bond motifs is 3. The third-order valence-electron chi connectivity index (χ3n) is 5.35. The Bertz CT molecular complexity index is 858. The van der Waals surface area contributed by atoms with Crippen LogP contribution in [0.2, 0.25) is 0 Å². The van der Waals surface area contributed by atoms with E-state index in [1.165, 1.54) is 6.08 Å². The molecule has 3 aliphatic rings. The summed E-state index contributed by atoms with van der Waals surface area (Å²) < 4.78 is 0. The van der Waals surface area contributed by atoms with Crippen molar-refractivity contribution in [2.75, 3.05) is 0 Å². The zero-order valence-electron chi connectivity index (χ0n) is 14.1. The second kappa shape index (κ2) is 5.20. The molecule has 1 atom stereocenters. The van der Waals surface area contributed by atoms with Crippen molar-refractivity contribution in [2.45, 2.75) is 33.6 Å². The molecule has 4 heteroatoms. The Labute approximate surface area is 140 Å². The van der Waals surface area contributed by atoms with E-state index in [0.29, 0.717) is 16.7 Å². The molecular weight excluding hydrogens is 304 g/mol. The Morgan fingerprint density at radius 1 is 1.17 bits per heavy atom. The van der Waals surface area contributed by atoms with Crippen molar-refractivity contribution in [2.24, 2.45) is 5.41 Å². The van der Waals surface area contributed by atoms with Gasteiger partial charge in [-0.1, -0.05) is 25.2 Å². The third-order valence-corrected chi connectivity index (χ3v) is 5.35. The Kier molecular flexibility index (Phi) is 3.52. The number of carbonyl (C=O) groups is 2. The van der Waals surface area contributed by atoms with Gasteiger partial charge in [-0.2, -0.15) is 0 Å². The van der Waals surface area contributed by atoms with E-state index in [1.807, 2.05) is 19.9 Å². The third kappa shape index (κ3) is 1.92. The highest BCUT2D eigenvalue weighted by Gasteiger charge is 2.48. The average molecular weight is 324 g/mol. The van der Waals surface area contributed by atoms with Gasteiger partial charge in [-0.15, -0.1) is 6.58 Å². The largest absolute Gasteiger partial charge is 0.507 e. The summed E-state index contributed by atoms with van der Waals surface area (Å²) in [6.07, 6.45) is 5.42.